The van der Waals surface area contributed by atoms with Gasteiger partial charge in [0.2, 0.25) is 0 Å². The van der Waals surface area contributed by atoms with Gasteiger partial charge in [-0.3, -0.25) is 4.79 Å². The van der Waals surface area contributed by atoms with Gasteiger partial charge in [-0.1, -0.05) is 6.42 Å². The number of carbonyl (C=O) groups is 1. The van der Waals surface area contributed by atoms with Gasteiger partial charge in [0, 0.05) is 6.54 Å². The Morgan fingerprint density at radius 3 is 2.43 bits per heavy atom. The number of rotatable bonds is 6. The number of hydrogen-bond donors (Lipinski definition) is 1. The van der Waals surface area contributed by atoms with E-state index in [0.29, 0.717) is 19.4 Å². The lowest BCUT2D eigenvalue weighted by molar-refractivity contribution is -0.227. The first-order chi connectivity index (χ1) is 9.54. The first kappa shape index (κ1) is 17.8. The zero-order valence-electron chi connectivity index (χ0n) is 12.3. The molecule has 1 saturated heterocycles. The lowest BCUT2D eigenvalue weighted by Crippen LogP contribution is -2.47. The fourth-order valence-corrected chi connectivity index (χ4v) is 2.57. The molecule has 1 N–H and O–H groups in total. The molecule has 1 rings (SSSR count). The first-order valence-corrected chi connectivity index (χ1v) is 6.98. The van der Waals surface area contributed by atoms with Crippen LogP contribution in [0.1, 0.15) is 39.5 Å². The lowest BCUT2D eigenvalue weighted by atomic mass is 9.86. The van der Waals surface area contributed by atoms with Crippen molar-refractivity contribution in [1.29, 1.82) is 5.26 Å². The van der Waals surface area contributed by atoms with Crippen LogP contribution in [0.5, 0.6) is 0 Å². The third-order valence-corrected chi connectivity index (χ3v) is 4.13. The Hall–Kier alpha value is -1.29. The van der Waals surface area contributed by atoms with E-state index in [2.05, 4.69) is 6.07 Å². The largest absolute Gasteiger partial charge is 0.481 e. The van der Waals surface area contributed by atoms with Crippen molar-refractivity contribution in [3.05, 3.63) is 0 Å². The third-order valence-electron chi connectivity index (χ3n) is 4.13. The van der Waals surface area contributed by atoms with Gasteiger partial charge < -0.3 is 10.0 Å². The highest BCUT2D eigenvalue weighted by Gasteiger charge is 2.63. The van der Waals surface area contributed by atoms with E-state index < -0.39 is 35.9 Å². The molecule has 1 heterocycles. The van der Waals surface area contributed by atoms with Crippen molar-refractivity contribution in [1.82, 2.24) is 4.90 Å². The SMILES string of the molecule is CC(C)(C#N)CCCCN1CCC(C(=O)O)(C(F)(F)F)C1. The fraction of sp³-hybridized carbons (Fsp3) is 0.857. The van der Waals surface area contributed by atoms with Crippen LogP contribution in [0.4, 0.5) is 13.2 Å². The van der Waals surface area contributed by atoms with Crippen LogP contribution in [0.15, 0.2) is 0 Å². The van der Waals surface area contributed by atoms with E-state index >= 15 is 0 Å². The Labute approximate surface area is 122 Å². The molecule has 0 spiro atoms. The first-order valence-electron chi connectivity index (χ1n) is 6.98. The van der Waals surface area contributed by atoms with Crippen LogP contribution < -0.4 is 0 Å². The van der Waals surface area contributed by atoms with E-state index in [9.17, 15) is 18.0 Å². The molecule has 1 unspecified atom stereocenters. The average Bonchev–Trinajstić information content (AvgIpc) is 2.80. The molecule has 0 aromatic rings. The Morgan fingerprint density at radius 2 is 2.00 bits per heavy atom. The van der Waals surface area contributed by atoms with Gasteiger partial charge in [0.1, 0.15) is 0 Å². The van der Waals surface area contributed by atoms with Crippen LogP contribution in [-0.4, -0.2) is 41.8 Å². The number of likely N-dealkylation sites (tertiary alicyclic amines) is 1. The zero-order valence-corrected chi connectivity index (χ0v) is 12.3. The van der Waals surface area contributed by atoms with Crippen LogP contribution in [0.3, 0.4) is 0 Å². The predicted octanol–water partition coefficient (Wildman–Crippen LogP) is 3.05. The highest BCUT2D eigenvalue weighted by molar-refractivity contribution is 5.76. The molecule has 1 aliphatic rings. The average molecular weight is 306 g/mol. The maximum Gasteiger partial charge on any atom is 0.406 e. The Bertz CT molecular complexity index is 429. The maximum atomic E-state index is 13.0. The monoisotopic (exact) mass is 306 g/mol. The smallest absolute Gasteiger partial charge is 0.406 e. The van der Waals surface area contributed by atoms with Crippen LogP contribution >= 0.6 is 0 Å². The molecule has 7 heteroatoms. The molecular formula is C14H21F3N2O2. The molecule has 1 fully saturated rings. The summed E-state index contributed by atoms with van der Waals surface area (Å²) in [5.74, 6) is -1.79. The minimum absolute atomic E-state index is 0.146. The molecule has 0 bridgehead atoms. The minimum Gasteiger partial charge on any atom is -0.481 e. The number of halogens is 3. The van der Waals surface area contributed by atoms with Crippen LogP contribution in [-0.2, 0) is 4.79 Å². The summed E-state index contributed by atoms with van der Waals surface area (Å²) in [7, 11) is 0. The molecule has 0 radical (unpaired) electrons. The van der Waals surface area contributed by atoms with Gasteiger partial charge in [0.05, 0.1) is 11.5 Å². The second-order valence-electron chi connectivity index (χ2n) is 6.36. The standard InChI is InChI=1S/C14H21F3N2O2/c1-12(2,9-18)5-3-4-7-19-8-6-13(10-19,11(20)21)14(15,16)17/h3-8,10H2,1-2H3,(H,20,21). The zero-order chi connectivity index (χ0) is 16.3. The lowest BCUT2D eigenvalue weighted by Gasteiger charge is -2.27. The summed E-state index contributed by atoms with van der Waals surface area (Å²) in [6.07, 6.45) is -3.03. The van der Waals surface area contributed by atoms with E-state index in [1.165, 1.54) is 0 Å². The van der Waals surface area contributed by atoms with Gasteiger partial charge in [-0.25, -0.2) is 0 Å². The van der Waals surface area contributed by atoms with Crippen molar-refractivity contribution in [2.45, 2.75) is 45.7 Å². The third kappa shape index (κ3) is 4.10. The summed E-state index contributed by atoms with van der Waals surface area (Å²) in [6.45, 7) is 3.75. The highest BCUT2D eigenvalue weighted by atomic mass is 19.4. The van der Waals surface area contributed by atoms with Crippen molar-refractivity contribution in [2.75, 3.05) is 19.6 Å². The molecule has 4 nitrogen and oxygen atoms in total. The van der Waals surface area contributed by atoms with Gasteiger partial charge in [0.15, 0.2) is 5.41 Å². The van der Waals surface area contributed by atoms with Crippen molar-refractivity contribution in [2.24, 2.45) is 10.8 Å². The molecular weight excluding hydrogens is 285 g/mol. The van der Waals surface area contributed by atoms with Crippen LogP contribution in [0.2, 0.25) is 0 Å². The number of nitriles is 1. The summed E-state index contributed by atoms with van der Waals surface area (Å²) < 4.78 is 39.0. The molecule has 0 aromatic heterocycles. The molecule has 0 saturated carbocycles. The number of carboxylic acids is 1. The molecule has 120 valence electrons. The molecule has 1 atom stereocenters. The van der Waals surface area contributed by atoms with Crippen molar-refractivity contribution >= 4 is 5.97 Å². The maximum absolute atomic E-state index is 13.0. The van der Waals surface area contributed by atoms with Crippen molar-refractivity contribution < 1.29 is 23.1 Å². The second kappa shape index (κ2) is 6.22. The van der Waals surface area contributed by atoms with E-state index in [4.69, 9.17) is 10.4 Å². The summed E-state index contributed by atoms with van der Waals surface area (Å²) in [6, 6.07) is 2.18. The fourth-order valence-electron chi connectivity index (χ4n) is 2.57. The van der Waals surface area contributed by atoms with Gasteiger partial charge in [0.25, 0.3) is 0 Å². The highest BCUT2D eigenvalue weighted by Crippen LogP contribution is 2.45. The van der Waals surface area contributed by atoms with E-state index in [0.717, 1.165) is 6.42 Å². The Morgan fingerprint density at radius 1 is 1.38 bits per heavy atom. The molecule has 0 aliphatic carbocycles. The summed E-state index contributed by atoms with van der Waals surface area (Å²) >= 11 is 0. The van der Waals surface area contributed by atoms with E-state index in [1.807, 2.05) is 13.8 Å². The number of nitrogens with zero attached hydrogens (tertiary/aromatic N) is 2. The summed E-state index contributed by atoms with van der Waals surface area (Å²) in [5.41, 5.74) is -3.05. The molecule has 21 heavy (non-hydrogen) atoms. The second-order valence-corrected chi connectivity index (χ2v) is 6.36. The number of alkyl halides is 3. The Balaban J connectivity index is 2.48. The van der Waals surface area contributed by atoms with Gasteiger partial charge in [-0.15, -0.1) is 0 Å². The number of aliphatic carboxylic acids is 1. The summed E-state index contributed by atoms with van der Waals surface area (Å²) in [4.78, 5) is 12.6. The Kier molecular flexibility index (Phi) is 5.26. The van der Waals surface area contributed by atoms with Gasteiger partial charge in [-0.05, 0) is 46.2 Å². The molecule has 1 aliphatic heterocycles. The predicted molar refractivity (Wildman–Crippen MR) is 70.4 cm³/mol. The van der Waals surface area contributed by atoms with Gasteiger partial charge in [-0.2, -0.15) is 18.4 Å². The van der Waals surface area contributed by atoms with Crippen molar-refractivity contribution in [3.8, 4) is 6.07 Å². The van der Waals surface area contributed by atoms with Crippen molar-refractivity contribution in [3.63, 3.8) is 0 Å². The number of unbranched alkanes of at least 4 members (excludes halogenated alkanes) is 1. The van der Waals surface area contributed by atoms with Gasteiger partial charge >= 0.3 is 12.1 Å². The van der Waals surface area contributed by atoms with Crippen LogP contribution in [0.25, 0.3) is 0 Å². The van der Waals surface area contributed by atoms with Crippen LogP contribution in [0, 0.1) is 22.2 Å². The van der Waals surface area contributed by atoms with E-state index in [1.54, 1.807) is 4.90 Å². The topological polar surface area (TPSA) is 64.3 Å². The normalized spacial score (nSPS) is 24.0. The van der Waals surface area contributed by atoms with E-state index in [-0.39, 0.29) is 6.54 Å². The molecule has 0 amide bonds. The summed E-state index contributed by atoms with van der Waals surface area (Å²) in [5, 5.41) is 17.8. The number of carboxylic acid groups (broad SMARTS) is 1. The minimum atomic E-state index is -4.73. The quantitative estimate of drug-likeness (QED) is 0.766. The molecule has 0 aromatic carbocycles. The number of hydrogen-bond acceptors (Lipinski definition) is 3.